The summed E-state index contributed by atoms with van der Waals surface area (Å²) in [7, 11) is 0. The van der Waals surface area contributed by atoms with Gasteiger partial charge in [0.1, 0.15) is 0 Å². The zero-order valence-corrected chi connectivity index (χ0v) is 17.0. The average molecular weight is 379 g/mol. The maximum atomic E-state index is 10.8. The van der Waals surface area contributed by atoms with Crippen molar-refractivity contribution in [2.45, 2.75) is 89.6 Å². The second-order valence-corrected chi connectivity index (χ2v) is 8.60. The Hall–Kier alpha value is -1.36. The Morgan fingerprint density at radius 3 is 2.04 bits per heavy atom. The van der Waals surface area contributed by atoms with E-state index in [4.69, 9.17) is 5.11 Å². The minimum atomic E-state index is -0.803. The Bertz CT molecular complexity index is 514. The van der Waals surface area contributed by atoms with Gasteiger partial charge in [-0.2, -0.15) is 0 Å². The van der Waals surface area contributed by atoms with Crippen LogP contribution in [-0.2, 0) is 4.79 Å². The van der Waals surface area contributed by atoms with E-state index in [1.807, 2.05) is 12.3 Å². The van der Waals surface area contributed by atoms with Crippen LogP contribution in [0.1, 0.15) is 77.6 Å². The van der Waals surface area contributed by atoms with E-state index in [-0.39, 0.29) is 6.42 Å². The summed E-state index contributed by atoms with van der Waals surface area (Å²) in [5, 5.41) is 14.9. The zero-order valence-electron chi connectivity index (χ0n) is 16.1. The van der Waals surface area contributed by atoms with Gasteiger partial charge in [0.05, 0.1) is 17.3 Å². The normalized spacial score (nSPS) is 19.8. The van der Waals surface area contributed by atoms with Crippen LogP contribution in [0.3, 0.4) is 0 Å². The largest absolute Gasteiger partial charge is 0.481 e. The lowest BCUT2D eigenvalue weighted by Gasteiger charge is -2.44. The van der Waals surface area contributed by atoms with Gasteiger partial charge in [-0.05, 0) is 38.0 Å². The van der Waals surface area contributed by atoms with Crippen LogP contribution in [0, 0.1) is 0 Å². The first-order chi connectivity index (χ1) is 12.5. The fourth-order valence-electron chi connectivity index (χ4n) is 4.16. The van der Waals surface area contributed by atoms with Gasteiger partial charge in [0.25, 0.3) is 0 Å². The third-order valence-corrected chi connectivity index (χ3v) is 6.27. The average Bonchev–Trinajstić information content (AvgIpc) is 2.61. The Morgan fingerprint density at radius 1 is 1.08 bits per heavy atom. The van der Waals surface area contributed by atoms with Crippen molar-refractivity contribution in [1.82, 2.24) is 10.2 Å². The number of thioether (sulfide) groups is 1. The van der Waals surface area contributed by atoms with Gasteiger partial charge in [0.2, 0.25) is 0 Å². The van der Waals surface area contributed by atoms with Crippen LogP contribution in [0.5, 0.6) is 0 Å². The molecule has 0 unspecified atom stereocenters. The van der Waals surface area contributed by atoms with Crippen molar-refractivity contribution in [1.29, 1.82) is 0 Å². The molecule has 146 valence electrons. The summed E-state index contributed by atoms with van der Waals surface area (Å²) in [6.07, 6.45) is 13.1. The van der Waals surface area contributed by atoms with Crippen LogP contribution < -0.4 is 5.32 Å². The number of hydrogen-bond donors (Lipinski definition) is 2. The number of hydrogen-bond acceptors (Lipinski definition) is 4. The lowest BCUT2D eigenvalue weighted by atomic mass is 9.88. The number of carbonyl (C=O) groups is 1. The third-order valence-electron chi connectivity index (χ3n) is 5.36. The maximum Gasteiger partial charge on any atom is 0.307 e. The van der Waals surface area contributed by atoms with Crippen LogP contribution >= 0.6 is 11.8 Å². The molecule has 2 aliphatic carbocycles. The molecule has 0 atom stereocenters. The van der Waals surface area contributed by atoms with E-state index < -0.39 is 5.97 Å². The molecule has 5 heteroatoms. The first-order valence-electron chi connectivity index (χ1n) is 9.94. The van der Waals surface area contributed by atoms with Crippen molar-refractivity contribution in [3.8, 4) is 0 Å². The van der Waals surface area contributed by atoms with E-state index in [2.05, 4.69) is 23.4 Å². The van der Waals surface area contributed by atoms with Crippen molar-refractivity contribution in [2.75, 3.05) is 0 Å². The molecule has 0 spiro atoms. The molecule has 2 aliphatic rings. The highest BCUT2D eigenvalue weighted by Gasteiger charge is 2.29. The second-order valence-electron chi connectivity index (χ2n) is 7.64. The predicted octanol–water partition coefficient (Wildman–Crippen LogP) is 5.60. The second kappa shape index (κ2) is 10.7. The molecular weight excluding hydrogens is 344 g/mol. The van der Waals surface area contributed by atoms with Crippen molar-refractivity contribution < 1.29 is 9.90 Å². The van der Waals surface area contributed by atoms with Crippen molar-refractivity contribution in [3.05, 3.63) is 35.0 Å². The molecule has 0 radical (unpaired) electrons. The summed E-state index contributed by atoms with van der Waals surface area (Å²) in [6.45, 7) is 10.3. The molecule has 0 aliphatic heterocycles. The van der Waals surface area contributed by atoms with Crippen molar-refractivity contribution in [2.24, 2.45) is 0 Å². The summed E-state index contributed by atoms with van der Waals surface area (Å²) < 4.78 is 0. The summed E-state index contributed by atoms with van der Waals surface area (Å²) >= 11 is 1.45. The topological polar surface area (TPSA) is 52.6 Å². The molecule has 2 N–H and O–H groups in total. The summed E-state index contributed by atoms with van der Waals surface area (Å²) in [4.78, 5) is 13.3. The number of carboxylic acid groups (broad SMARTS) is 1. The van der Waals surface area contributed by atoms with E-state index in [9.17, 15) is 4.79 Å². The standard InChI is InChI=1S/C21H34N2O2S/c1-16(14-21(24)25)15-26-18(3)22-17(2)23(19-10-6-4-7-11-19)20-12-8-5-9-13-20/h15,19-20,22H,2-14H2,1H3,(H,24,25)/b16-15+. The smallest absolute Gasteiger partial charge is 0.307 e. The van der Waals surface area contributed by atoms with Crippen LogP contribution in [0.25, 0.3) is 0 Å². The van der Waals surface area contributed by atoms with Gasteiger partial charge >= 0.3 is 5.97 Å². The Labute approximate surface area is 162 Å². The molecule has 0 amide bonds. The lowest BCUT2D eigenvalue weighted by molar-refractivity contribution is -0.136. The fourth-order valence-corrected chi connectivity index (χ4v) is 4.77. The number of carboxylic acids is 1. The fraction of sp³-hybridized carbons (Fsp3) is 0.667. The summed E-state index contributed by atoms with van der Waals surface area (Å²) in [5.74, 6) is 0.161. The Morgan fingerprint density at radius 2 is 1.58 bits per heavy atom. The number of nitrogens with one attached hydrogen (secondary N) is 1. The van der Waals surface area contributed by atoms with Crippen LogP contribution in [0.2, 0.25) is 0 Å². The van der Waals surface area contributed by atoms with Crippen LogP contribution in [-0.4, -0.2) is 28.1 Å². The third kappa shape index (κ3) is 6.75. The first kappa shape index (κ1) is 20.9. The molecule has 0 bridgehead atoms. The van der Waals surface area contributed by atoms with Gasteiger partial charge in [0.15, 0.2) is 0 Å². The minimum Gasteiger partial charge on any atom is -0.481 e. The number of nitrogens with zero attached hydrogens (tertiary/aromatic N) is 1. The molecule has 0 aromatic heterocycles. The molecule has 4 nitrogen and oxygen atoms in total. The molecular formula is C21H34N2O2S. The minimum absolute atomic E-state index is 0.0670. The van der Waals surface area contributed by atoms with Crippen LogP contribution in [0.15, 0.2) is 35.0 Å². The Balaban J connectivity index is 1.96. The van der Waals surface area contributed by atoms with Gasteiger partial charge < -0.3 is 15.3 Å². The van der Waals surface area contributed by atoms with Gasteiger partial charge in [-0.3, -0.25) is 4.79 Å². The quantitative estimate of drug-likeness (QED) is 0.547. The maximum absolute atomic E-state index is 10.8. The molecule has 2 rings (SSSR count). The lowest BCUT2D eigenvalue weighted by Crippen LogP contribution is -2.47. The number of aliphatic carboxylic acids is 1. The SMILES string of the molecule is C=C(NC(=C)N(C1CCCCC1)C1CCCCC1)S/C=C(\C)CC(=O)O. The monoisotopic (exact) mass is 378 g/mol. The summed E-state index contributed by atoms with van der Waals surface area (Å²) in [6, 6.07) is 1.18. The molecule has 0 heterocycles. The molecule has 0 aromatic carbocycles. The molecule has 2 saturated carbocycles. The summed E-state index contributed by atoms with van der Waals surface area (Å²) in [5.41, 5.74) is 0.826. The van der Waals surface area contributed by atoms with Gasteiger partial charge in [-0.25, -0.2) is 0 Å². The predicted molar refractivity (Wildman–Crippen MR) is 111 cm³/mol. The van der Waals surface area contributed by atoms with Gasteiger partial charge in [-0.15, -0.1) is 0 Å². The molecule has 0 aromatic rings. The molecule has 26 heavy (non-hydrogen) atoms. The van der Waals surface area contributed by atoms with Crippen molar-refractivity contribution in [3.63, 3.8) is 0 Å². The van der Waals surface area contributed by atoms with E-state index in [1.165, 1.54) is 76.0 Å². The Kier molecular flexibility index (Phi) is 8.63. The van der Waals surface area contributed by atoms with Crippen LogP contribution in [0.4, 0.5) is 0 Å². The van der Waals surface area contributed by atoms with E-state index in [1.54, 1.807) is 0 Å². The van der Waals surface area contributed by atoms with Gasteiger partial charge in [-0.1, -0.05) is 69.0 Å². The highest BCUT2D eigenvalue weighted by atomic mass is 32.2. The molecule has 2 fully saturated rings. The zero-order chi connectivity index (χ0) is 18.9. The van der Waals surface area contributed by atoms with E-state index in [0.29, 0.717) is 12.1 Å². The highest BCUT2D eigenvalue weighted by molar-refractivity contribution is 8.05. The van der Waals surface area contributed by atoms with E-state index in [0.717, 1.165) is 16.4 Å². The molecule has 0 saturated heterocycles. The highest BCUT2D eigenvalue weighted by Crippen LogP contribution is 2.32. The number of rotatable bonds is 9. The first-order valence-corrected chi connectivity index (χ1v) is 10.8. The van der Waals surface area contributed by atoms with E-state index >= 15 is 0 Å². The van der Waals surface area contributed by atoms with Gasteiger partial charge in [0, 0.05) is 12.1 Å². The van der Waals surface area contributed by atoms with Crippen molar-refractivity contribution >= 4 is 17.7 Å².